The molecule has 0 unspecified atom stereocenters. The summed E-state index contributed by atoms with van der Waals surface area (Å²) in [6, 6.07) is 10.1. The van der Waals surface area contributed by atoms with Gasteiger partial charge in [-0.2, -0.15) is 4.31 Å². The van der Waals surface area contributed by atoms with Gasteiger partial charge >= 0.3 is 0 Å². The summed E-state index contributed by atoms with van der Waals surface area (Å²) in [5, 5.41) is 1.21. The molecule has 1 amide bonds. The molecular formula is C28H35ClN4O4S2. The molecule has 0 bridgehead atoms. The van der Waals surface area contributed by atoms with Crippen molar-refractivity contribution in [2.24, 2.45) is 0 Å². The van der Waals surface area contributed by atoms with Gasteiger partial charge in [0, 0.05) is 44.8 Å². The normalized spacial score (nSPS) is 17.8. The fourth-order valence-corrected chi connectivity index (χ4v) is 7.98. The molecular weight excluding hydrogens is 556 g/mol. The minimum atomic E-state index is -3.59. The molecule has 0 N–H and O–H groups in total. The van der Waals surface area contributed by atoms with E-state index in [2.05, 4.69) is 4.90 Å². The lowest BCUT2D eigenvalue weighted by Gasteiger charge is -2.27. The zero-order chi connectivity index (χ0) is 27.4. The molecule has 0 aliphatic carbocycles. The van der Waals surface area contributed by atoms with Gasteiger partial charge in [0.25, 0.3) is 5.91 Å². The molecule has 2 saturated heterocycles. The van der Waals surface area contributed by atoms with E-state index in [0.29, 0.717) is 35.4 Å². The van der Waals surface area contributed by atoms with Crippen molar-refractivity contribution in [1.82, 2.24) is 14.2 Å². The maximum atomic E-state index is 13.8. The average Bonchev–Trinajstić information content (AvgIpc) is 3.22. The zero-order valence-corrected chi connectivity index (χ0v) is 24.7. The Kier molecular flexibility index (Phi) is 9.20. The van der Waals surface area contributed by atoms with Crippen LogP contribution in [0.5, 0.6) is 0 Å². The Hall–Kier alpha value is -2.08. The van der Waals surface area contributed by atoms with Crippen LogP contribution in [0.2, 0.25) is 5.02 Å². The molecule has 0 atom stereocenters. The smallest absolute Gasteiger partial charge is 0.260 e. The SMILES string of the molecule is Cc1ccc(Cl)c2sc(N(CCCN3CCOCC3)C(=O)c3ccc(S(=O)(=O)N4CCCCCC4)cc3)nc12. The fraction of sp³-hybridized carbons (Fsp3) is 0.500. The molecule has 8 nitrogen and oxygen atoms in total. The summed E-state index contributed by atoms with van der Waals surface area (Å²) in [7, 11) is -3.59. The van der Waals surface area contributed by atoms with E-state index in [1.54, 1.807) is 33.5 Å². The molecule has 210 valence electrons. The third kappa shape index (κ3) is 6.47. The standard InChI is InChI=1S/C28H35ClN4O4S2/c1-21-7-12-24(29)26-25(21)30-28(38-26)33(16-6-13-31-17-19-37-20-18-31)27(34)22-8-10-23(11-9-22)39(35,36)32-14-4-2-3-5-15-32/h7-12H,2-6,13-20H2,1H3. The second-order valence-electron chi connectivity index (χ2n) is 10.1. The van der Waals surface area contributed by atoms with E-state index in [9.17, 15) is 13.2 Å². The zero-order valence-electron chi connectivity index (χ0n) is 22.3. The number of ether oxygens (including phenoxy) is 1. The molecule has 0 radical (unpaired) electrons. The number of carbonyl (C=O) groups excluding carboxylic acids is 1. The summed E-state index contributed by atoms with van der Waals surface area (Å²) in [4.78, 5) is 22.9. The molecule has 2 aliphatic heterocycles. The van der Waals surface area contributed by atoms with Crippen LogP contribution in [-0.4, -0.2) is 81.0 Å². The molecule has 11 heteroatoms. The van der Waals surface area contributed by atoms with Gasteiger partial charge in [-0.05, 0) is 62.1 Å². The summed E-state index contributed by atoms with van der Waals surface area (Å²) < 4.78 is 34.3. The van der Waals surface area contributed by atoms with Gasteiger partial charge in [-0.3, -0.25) is 14.6 Å². The van der Waals surface area contributed by atoms with Crippen LogP contribution in [-0.2, 0) is 14.8 Å². The van der Waals surface area contributed by atoms with Crippen LogP contribution in [0.25, 0.3) is 10.2 Å². The molecule has 1 aromatic heterocycles. The van der Waals surface area contributed by atoms with Crippen molar-refractivity contribution >= 4 is 54.2 Å². The largest absolute Gasteiger partial charge is 0.379 e. The summed E-state index contributed by atoms with van der Waals surface area (Å²) in [5.41, 5.74) is 2.23. The highest BCUT2D eigenvalue weighted by Gasteiger charge is 2.27. The third-order valence-electron chi connectivity index (χ3n) is 7.43. The Morgan fingerprint density at radius 2 is 1.72 bits per heavy atom. The number of morpholine rings is 1. The van der Waals surface area contributed by atoms with Crippen molar-refractivity contribution in [3.8, 4) is 0 Å². The summed E-state index contributed by atoms with van der Waals surface area (Å²) in [6.45, 7) is 7.63. The highest BCUT2D eigenvalue weighted by molar-refractivity contribution is 7.89. The van der Waals surface area contributed by atoms with E-state index >= 15 is 0 Å². The number of rotatable bonds is 8. The maximum absolute atomic E-state index is 13.8. The number of halogens is 1. The second kappa shape index (κ2) is 12.6. The van der Waals surface area contributed by atoms with Crippen molar-refractivity contribution in [2.75, 3.05) is 57.4 Å². The predicted molar refractivity (Wildman–Crippen MR) is 157 cm³/mol. The number of benzene rings is 2. The lowest BCUT2D eigenvalue weighted by atomic mass is 10.2. The van der Waals surface area contributed by atoms with Crippen LogP contribution >= 0.6 is 22.9 Å². The Morgan fingerprint density at radius 3 is 2.38 bits per heavy atom. The van der Waals surface area contributed by atoms with Crippen LogP contribution in [0.4, 0.5) is 5.13 Å². The number of nitrogens with zero attached hydrogens (tertiary/aromatic N) is 4. The Labute approximate surface area is 239 Å². The Morgan fingerprint density at radius 1 is 1.03 bits per heavy atom. The fourth-order valence-electron chi connectivity index (χ4n) is 5.12. The van der Waals surface area contributed by atoms with Gasteiger partial charge in [-0.1, -0.05) is 41.8 Å². The van der Waals surface area contributed by atoms with Crippen molar-refractivity contribution in [1.29, 1.82) is 0 Å². The molecule has 2 aromatic carbocycles. The first kappa shape index (κ1) is 28.4. The number of hydrogen-bond donors (Lipinski definition) is 0. The van der Waals surface area contributed by atoms with Crippen molar-refractivity contribution in [2.45, 2.75) is 43.9 Å². The molecule has 5 rings (SSSR count). The van der Waals surface area contributed by atoms with Crippen LogP contribution in [0.1, 0.15) is 48.0 Å². The highest BCUT2D eigenvalue weighted by atomic mass is 35.5. The first-order valence-electron chi connectivity index (χ1n) is 13.6. The maximum Gasteiger partial charge on any atom is 0.260 e. The topological polar surface area (TPSA) is 83.0 Å². The second-order valence-corrected chi connectivity index (χ2v) is 13.5. The quantitative estimate of drug-likeness (QED) is 0.359. The number of carbonyl (C=O) groups is 1. The average molecular weight is 591 g/mol. The van der Waals surface area contributed by atoms with Crippen LogP contribution in [0.15, 0.2) is 41.3 Å². The van der Waals surface area contributed by atoms with Gasteiger partial charge in [0.2, 0.25) is 10.0 Å². The number of aromatic nitrogens is 1. The van der Waals surface area contributed by atoms with Crippen LogP contribution in [0, 0.1) is 6.92 Å². The van der Waals surface area contributed by atoms with E-state index in [-0.39, 0.29) is 10.8 Å². The number of thiazole rings is 1. The number of hydrogen-bond acceptors (Lipinski definition) is 7. The van der Waals surface area contributed by atoms with E-state index in [4.69, 9.17) is 21.3 Å². The van der Waals surface area contributed by atoms with Crippen molar-refractivity contribution in [3.05, 3.63) is 52.5 Å². The molecule has 0 spiro atoms. The van der Waals surface area contributed by atoms with Crippen LogP contribution in [0.3, 0.4) is 0 Å². The number of fused-ring (bicyclic) bond motifs is 1. The molecule has 39 heavy (non-hydrogen) atoms. The minimum absolute atomic E-state index is 0.205. The highest BCUT2D eigenvalue weighted by Crippen LogP contribution is 2.36. The first-order chi connectivity index (χ1) is 18.8. The van der Waals surface area contributed by atoms with Gasteiger partial charge in [0.15, 0.2) is 5.13 Å². The lowest BCUT2D eigenvalue weighted by molar-refractivity contribution is 0.0376. The third-order valence-corrected chi connectivity index (χ3v) is 10.9. The number of sulfonamides is 1. The summed E-state index contributed by atoms with van der Waals surface area (Å²) in [5.74, 6) is -0.205. The number of amides is 1. The molecule has 3 aromatic rings. The molecule has 0 saturated carbocycles. The van der Waals surface area contributed by atoms with E-state index < -0.39 is 10.0 Å². The van der Waals surface area contributed by atoms with Gasteiger partial charge in [0.05, 0.1) is 33.3 Å². The van der Waals surface area contributed by atoms with Crippen molar-refractivity contribution in [3.63, 3.8) is 0 Å². The predicted octanol–water partition coefficient (Wildman–Crippen LogP) is 5.19. The first-order valence-corrected chi connectivity index (χ1v) is 16.3. The lowest BCUT2D eigenvalue weighted by Crippen LogP contribution is -2.39. The van der Waals surface area contributed by atoms with Gasteiger partial charge < -0.3 is 4.74 Å². The Balaban J connectivity index is 1.39. The van der Waals surface area contributed by atoms with E-state index in [1.807, 2.05) is 19.1 Å². The van der Waals surface area contributed by atoms with Crippen LogP contribution < -0.4 is 4.90 Å². The minimum Gasteiger partial charge on any atom is -0.379 e. The Bertz CT molecular complexity index is 1360. The van der Waals surface area contributed by atoms with Gasteiger partial charge in [-0.15, -0.1) is 0 Å². The van der Waals surface area contributed by atoms with E-state index in [0.717, 1.165) is 80.7 Å². The van der Waals surface area contributed by atoms with Crippen molar-refractivity contribution < 1.29 is 17.9 Å². The summed E-state index contributed by atoms with van der Waals surface area (Å²) in [6.07, 6.45) is 4.63. The molecule has 2 fully saturated rings. The van der Waals surface area contributed by atoms with Gasteiger partial charge in [-0.25, -0.2) is 13.4 Å². The van der Waals surface area contributed by atoms with E-state index in [1.165, 1.54) is 11.3 Å². The summed E-state index contributed by atoms with van der Waals surface area (Å²) >= 11 is 7.88. The molecule has 3 heterocycles. The number of aryl methyl sites for hydroxylation is 1. The molecule has 2 aliphatic rings. The monoisotopic (exact) mass is 590 g/mol. The number of anilines is 1. The van der Waals surface area contributed by atoms with Gasteiger partial charge in [0.1, 0.15) is 0 Å².